The van der Waals surface area contributed by atoms with Crippen molar-refractivity contribution in [3.63, 3.8) is 0 Å². The zero-order valence-electron chi connectivity index (χ0n) is 13.3. The standard InChI is InChI=1S/C17H19NO5/c1-4-14-11(2)9-15(23-14)17(21)18(3)12-5-7-13(8-6-12)22-10-16(19)20/h5-9H,4,10H2,1-3H3,(H,19,20). The van der Waals surface area contributed by atoms with E-state index in [1.165, 1.54) is 4.90 Å². The lowest BCUT2D eigenvalue weighted by molar-refractivity contribution is -0.139. The molecule has 0 atom stereocenters. The Morgan fingerprint density at radius 3 is 2.43 bits per heavy atom. The molecule has 2 aromatic rings. The molecule has 0 radical (unpaired) electrons. The number of anilines is 1. The van der Waals surface area contributed by atoms with Crippen LogP contribution in [0.15, 0.2) is 34.7 Å². The summed E-state index contributed by atoms with van der Waals surface area (Å²) in [5.41, 5.74) is 1.62. The van der Waals surface area contributed by atoms with Crippen molar-refractivity contribution in [2.24, 2.45) is 0 Å². The number of nitrogens with zero attached hydrogens (tertiary/aromatic N) is 1. The summed E-state index contributed by atoms with van der Waals surface area (Å²) < 4.78 is 10.6. The topological polar surface area (TPSA) is 80.0 Å². The summed E-state index contributed by atoms with van der Waals surface area (Å²) in [5.74, 6) is 0.250. The van der Waals surface area contributed by atoms with Gasteiger partial charge in [-0.2, -0.15) is 0 Å². The molecule has 1 aromatic carbocycles. The second-order valence-electron chi connectivity index (χ2n) is 5.11. The minimum atomic E-state index is -1.04. The molecule has 0 saturated carbocycles. The SMILES string of the molecule is CCc1oc(C(=O)N(C)c2ccc(OCC(=O)O)cc2)cc1C. The Morgan fingerprint density at radius 1 is 1.26 bits per heavy atom. The molecule has 2 rings (SSSR count). The van der Waals surface area contributed by atoms with Crippen LogP contribution in [-0.4, -0.2) is 30.6 Å². The van der Waals surface area contributed by atoms with Gasteiger partial charge in [0.25, 0.3) is 5.91 Å². The summed E-state index contributed by atoms with van der Waals surface area (Å²) >= 11 is 0. The normalized spacial score (nSPS) is 10.4. The Bertz CT molecular complexity index is 702. The van der Waals surface area contributed by atoms with Crippen molar-refractivity contribution in [3.05, 3.63) is 47.4 Å². The molecular formula is C17H19NO5. The number of ether oxygens (including phenoxy) is 1. The van der Waals surface area contributed by atoms with Crippen LogP contribution in [0.1, 0.15) is 28.8 Å². The second-order valence-corrected chi connectivity index (χ2v) is 5.11. The first-order valence-corrected chi connectivity index (χ1v) is 7.24. The summed E-state index contributed by atoms with van der Waals surface area (Å²) in [6.45, 7) is 3.48. The van der Waals surface area contributed by atoms with E-state index in [0.717, 1.165) is 17.7 Å². The molecule has 0 saturated heterocycles. The molecule has 23 heavy (non-hydrogen) atoms. The third kappa shape index (κ3) is 3.91. The van der Waals surface area contributed by atoms with Crippen LogP contribution in [0.2, 0.25) is 0 Å². The molecule has 1 amide bonds. The summed E-state index contributed by atoms with van der Waals surface area (Å²) in [5, 5.41) is 8.57. The van der Waals surface area contributed by atoms with E-state index in [9.17, 15) is 9.59 Å². The lowest BCUT2D eigenvalue weighted by Gasteiger charge is -2.16. The zero-order chi connectivity index (χ0) is 17.0. The van der Waals surface area contributed by atoms with Gasteiger partial charge in [0.1, 0.15) is 11.5 Å². The Kier molecular flexibility index (Phi) is 5.05. The van der Waals surface area contributed by atoms with Gasteiger partial charge in [0, 0.05) is 19.2 Å². The van der Waals surface area contributed by atoms with Crippen LogP contribution in [-0.2, 0) is 11.2 Å². The summed E-state index contributed by atoms with van der Waals surface area (Å²) in [6, 6.07) is 8.35. The van der Waals surface area contributed by atoms with Crippen molar-refractivity contribution in [2.45, 2.75) is 20.3 Å². The fraction of sp³-hybridized carbons (Fsp3) is 0.294. The molecule has 1 aromatic heterocycles. The maximum atomic E-state index is 12.4. The summed E-state index contributed by atoms with van der Waals surface area (Å²) in [7, 11) is 1.65. The molecule has 0 bridgehead atoms. The third-order valence-corrected chi connectivity index (χ3v) is 3.44. The smallest absolute Gasteiger partial charge is 0.341 e. The number of aliphatic carboxylic acids is 1. The predicted octanol–water partition coefficient (Wildman–Crippen LogP) is 2.89. The van der Waals surface area contributed by atoms with E-state index in [0.29, 0.717) is 17.2 Å². The minimum Gasteiger partial charge on any atom is -0.482 e. The van der Waals surface area contributed by atoms with Crippen molar-refractivity contribution in [1.82, 2.24) is 0 Å². The first kappa shape index (κ1) is 16.6. The van der Waals surface area contributed by atoms with Crippen molar-refractivity contribution in [3.8, 4) is 5.75 Å². The number of carbonyl (C=O) groups excluding carboxylic acids is 1. The number of hydrogen-bond acceptors (Lipinski definition) is 4. The molecule has 122 valence electrons. The molecular weight excluding hydrogens is 298 g/mol. The van der Waals surface area contributed by atoms with Crippen LogP contribution in [0.4, 0.5) is 5.69 Å². The maximum absolute atomic E-state index is 12.4. The van der Waals surface area contributed by atoms with Gasteiger partial charge in [-0.05, 0) is 42.8 Å². The number of rotatable bonds is 6. The monoisotopic (exact) mass is 317 g/mol. The van der Waals surface area contributed by atoms with Crippen LogP contribution in [0.5, 0.6) is 5.75 Å². The average molecular weight is 317 g/mol. The fourth-order valence-electron chi connectivity index (χ4n) is 2.17. The van der Waals surface area contributed by atoms with E-state index >= 15 is 0 Å². The van der Waals surface area contributed by atoms with Crippen LogP contribution >= 0.6 is 0 Å². The molecule has 6 nitrogen and oxygen atoms in total. The van der Waals surface area contributed by atoms with Crippen LogP contribution in [0, 0.1) is 6.92 Å². The summed E-state index contributed by atoms with van der Waals surface area (Å²) in [4.78, 5) is 24.4. The van der Waals surface area contributed by atoms with Gasteiger partial charge >= 0.3 is 5.97 Å². The average Bonchev–Trinajstić information content (AvgIpc) is 2.93. The summed E-state index contributed by atoms with van der Waals surface area (Å²) in [6.07, 6.45) is 0.735. The zero-order valence-corrected chi connectivity index (χ0v) is 13.3. The van der Waals surface area contributed by atoms with E-state index in [4.69, 9.17) is 14.3 Å². The number of amides is 1. The van der Waals surface area contributed by atoms with E-state index in [2.05, 4.69) is 0 Å². The second kappa shape index (κ2) is 7.00. The largest absolute Gasteiger partial charge is 0.482 e. The lowest BCUT2D eigenvalue weighted by atomic mass is 10.2. The van der Waals surface area contributed by atoms with Crippen LogP contribution < -0.4 is 9.64 Å². The van der Waals surface area contributed by atoms with E-state index in [1.807, 2.05) is 13.8 Å². The van der Waals surface area contributed by atoms with Gasteiger partial charge in [-0.1, -0.05) is 6.92 Å². The molecule has 0 aliphatic carbocycles. The molecule has 1 N–H and O–H groups in total. The Hall–Kier alpha value is -2.76. The molecule has 0 spiro atoms. The number of carbonyl (C=O) groups is 2. The predicted molar refractivity (Wildman–Crippen MR) is 85.1 cm³/mol. The van der Waals surface area contributed by atoms with Gasteiger partial charge in [0.05, 0.1) is 0 Å². The Balaban J connectivity index is 2.11. The fourth-order valence-corrected chi connectivity index (χ4v) is 2.17. The number of benzene rings is 1. The highest BCUT2D eigenvalue weighted by molar-refractivity contribution is 6.04. The number of carboxylic acids is 1. The van der Waals surface area contributed by atoms with Gasteiger partial charge in [0.2, 0.25) is 0 Å². The Morgan fingerprint density at radius 2 is 1.91 bits per heavy atom. The minimum absolute atomic E-state index is 0.244. The van der Waals surface area contributed by atoms with Crippen molar-refractivity contribution < 1.29 is 23.8 Å². The highest BCUT2D eigenvalue weighted by atomic mass is 16.5. The number of hydrogen-bond donors (Lipinski definition) is 1. The highest BCUT2D eigenvalue weighted by Gasteiger charge is 2.19. The number of carboxylic acid groups (broad SMARTS) is 1. The molecule has 0 fully saturated rings. The van der Waals surface area contributed by atoms with E-state index in [1.54, 1.807) is 37.4 Å². The number of aryl methyl sites for hydroxylation is 2. The van der Waals surface area contributed by atoms with Gasteiger partial charge in [-0.15, -0.1) is 0 Å². The Labute approximate surface area is 134 Å². The van der Waals surface area contributed by atoms with E-state index in [-0.39, 0.29) is 5.91 Å². The van der Waals surface area contributed by atoms with Gasteiger partial charge in [0.15, 0.2) is 12.4 Å². The first-order valence-electron chi connectivity index (χ1n) is 7.24. The first-order chi connectivity index (χ1) is 10.9. The van der Waals surface area contributed by atoms with Gasteiger partial charge in [-0.25, -0.2) is 4.79 Å². The number of furan rings is 1. The van der Waals surface area contributed by atoms with E-state index < -0.39 is 12.6 Å². The van der Waals surface area contributed by atoms with Crippen molar-refractivity contribution in [1.29, 1.82) is 0 Å². The van der Waals surface area contributed by atoms with Crippen molar-refractivity contribution >= 4 is 17.6 Å². The maximum Gasteiger partial charge on any atom is 0.341 e. The van der Waals surface area contributed by atoms with Gasteiger partial charge in [-0.3, -0.25) is 4.79 Å². The molecule has 0 aliphatic heterocycles. The third-order valence-electron chi connectivity index (χ3n) is 3.44. The van der Waals surface area contributed by atoms with Crippen molar-refractivity contribution in [2.75, 3.05) is 18.6 Å². The molecule has 0 unspecified atom stereocenters. The quantitative estimate of drug-likeness (QED) is 0.886. The van der Waals surface area contributed by atoms with Gasteiger partial charge < -0.3 is 19.2 Å². The highest BCUT2D eigenvalue weighted by Crippen LogP contribution is 2.22. The molecule has 6 heteroatoms. The molecule has 1 heterocycles. The van der Waals surface area contributed by atoms with Crippen LogP contribution in [0.25, 0.3) is 0 Å². The van der Waals surface area contributed by atoms with Crippen LogP contribution in [0.3, 0.4) is 0 Å². The molecule has 0 aliphatic rings. The lowest BCUT2D eigenvalue weighted by Crippen LogP contribution is -2.25.